The molecule has 2 aliphatic carbocycles. The van der Waals surface area contributed by atoms with Crippen molar-refractivity contribution in [2.45, 2.75) is 173 Å². The molecule has 49 heavy (non-hydrogen) atoms. The summed E-state index contributed by atoms with van der Waals surface area (Å²) in [6, 6.07) is 17.8. The van der Waals surface area contributed by atoms with Gasteiger partial charge in [-0.1, -0.05) is 128 Å². The van der Waals surface area contributed by atoms with Gasteiger partial charge in [-0.15, -0.1) is 11.3 Å². The van der Waals surface area contributed by atoms with E-state index in [9.17, 15) is 4.79 Å². The maximum absolute atomic E-state index is 14.3. The minimum absolute atomic E-state index is 0.000897. The number of carbonyl (C=O) groups excluding carboxylic acids is 1. The van der Waals surface area contributed by atoms with Crippen molar-refractivity contribution in [1.29, 1.82) is 0 Å². The maximum atomic E-state index is 14.3. The highest BCUT2D eigenvalue weighted by Crippen LogP contribution is 2.40. The predicted octanol–water partition coefficient (Wildman–Crippen LogP) is 11.5. The van der Waals surface area contributed by atoms with Gasteiger partial charge in [0, 0.05) is 22.8 Å². The SMILES string of the molecule is CCCCC(CCCC)(CCCC)c1ccc(NC(=O)C(Cc2csc3ccccc23)NC(=NC2CCCCC2)NC2CCCCC2)cc1. The van der Waals surface area contributed by atoms with Crippen LogP contribution < -0.4 is 16.0 Å². The fourth-order valence-electron chi connectivity index (χ4n) is 8.22. The molecular weight excluding hydrogens is 621 g/mol. The van der Waals surface area contributed by atoms with E-state index in [4.69, 9.17) is 4.99 Å². The second-order valence-electron chi connectivity index (χ2n) is 15.1. The predicted molar refractivity (Wildman–Crippen MR) is 212 cm³/mol. The summed E-state index contributed by atoms with van der Waals surface area (Å²) in [7, 11) is 0. The van der Waals surface area contributed by atoms with E-state index in [1.165, 1.54) is 130 Å². The fraction of sp³-hybridized carbons (Fsp3) is 0.628. The van der Waals surface area contributed by atoms with Gasteiger partial charge >= 0.3 is 0 Å². The summed E-state index contributed by atoms with van der Waals surface area (Å²) in [5, 5.41) is 14.3. The molecule has 5 nitrogen and oxygen atoms in total. The number of hydrogen-bond acceptors (Lipinski definition) is 3. The van der Waals surface area contributed by atoms with Crippen LogP contribution in [0.1, 0.15) is 154 Å². The average Bonchev–Trinajstić information content (AvgIpc) is 3.55. The number of fused-ring (bicyclic) bond motifs is 1. The summed E-state index contributed by atoms with van der Waals surface area (Å²) in [5.41, 5.74) is 3.76. The second-order valence-corrected chi connectivity index (χ2v) is 16.0. The summed E-state index contributed by atoms with van der Waals surface area (Å²) in [4.78, 5) is 19.6. The molecule has 0 spiro atoms. The van der Waals surface area contributed by atoms with E-state index in [2.05, 4.69) is 90.6 Å². The smallest absolute Gasteiger partial charge is 0.247 e. The lowest BCUT2D eigenvalue weighted by molar-refractivity contribution is -0.117. The number of nitrogens with zero attached hydrogens (tertiary/aromatic N) is 1. The molecule has 268 valence electrons. The third-order valence-electron chi connectivity index (χ3n) is 11.2. The van der Waals surface area contributed by atoms with Crippen molar-refractivity contribution in [2.24, 2.45) is 4.99 Å². The van der Waals surface area contributed by atoms with Gasteiger partial charge in [0.25, 0.3) is 0 Å². The Hall–Kier alpha value is -2.86. The summed E-state index contributed by atoms with van der Waals surface area (Å²) in [5.74, 6) is 0.820. The average molecular weight is 685 g/mol. The number of rotatable bonds is 17. The Balaban J connectivity index is 1.39. The highest BCUT2D eigenvalue weighted by Gasteiger charge is 2.31. The molecule has 0 bridgehead atoms. The number of unbranched alkanes of at least 4 members (excludes halogenated alkanes) is 3. The first-order valence-electron chi connectivity index (χ1n) is 20.0. The quantitative estimate of drug-likeness (QED) is 0.0979. The van der Waals surface area contributed by atoms with E-state index in [1.54, 1.807) is 11.3 Å². The summed E-state index contributed by atoms with van der Waals surface area (Å²) < 4.78 is 1.27. The Kier molecular flexibility index (Phi) is 14.9. The topological polar surface area (TPSA) is 65.5 Å². The lowest BCUT2D eigenvalue weighted by Crippen LogP contribution is -2.53. The zero-order chi connectivity index (χ0) is 34.3. The number of thiophene rings is 1. The number of benzene rings is 2. The van der Waals surface area contributed by atoms with Crippen LogP contribution in [0.2, 0.25) is 0 Å². The molecule has 2 fully saturated rings. The highest BCUT2D eigenvalue weighted by molar-refractivity contribution is 7.17. The van der Waals surface area contributed by atoms with Crippen LogP contribution in [0.3, 0.4) is 0 Å². The van der Waals surface area contributed by atoms with Crippen molar-refractivity contribution in [3.8, 4) is 0 Å². The third kappa shape index (κ3) is 10.8. The number of carbonyl (C=O) groups is 1. The number of nitrogens with one attached hydrogen (secondary N) is 3. The first-order chi connectivity index (χ1) is 24.0. The molecule has 6 heteroatoms. The minimum Gasteiger partial charge on any atom is -0.354 e. The standard InChI is InChI=1S/C43H64N4OS/c1-4-7-28-43(29-8-5-2,30-9-6-3)34-24-26-37(27-25-34)44-41(48)39(31-33-32-49-40-23-17-16-22-38(33)40)47-42(45-35-18-12-10-13-19-35)46-36-20-14-11-15-21-36/h16-17,22-27,32,35-36,39H,4-15,18-21,28-31H2,1-3H3,(H,44,48)(H2,45,46,47). The van der Waals surface area contributed by atoms with E-state index >= 15 is 0 Å². The molecule has 0 aliphatic heterocycles. The normalized spacial score (nSPS) is 17.2. The van der Waals surface area contributed by atoms with Crippen molar-refractivity contribution in [1.82, 2.24) is 10.6 Å². The molecule has 2 aromatic carbocycles. The zero-order valence-electron chi connectivity index (χ0n) is 30.8. The Morgan fingerprint density at radius 1 is 0.816 bits per heavy atom. The number of aliphatic imine (C=N–C) groups is 1. The molecule has 1 atom stereocenters. The largest absolute Gasteiger partial charge is 0.354 e. The van der Waals surface area contributed by atoms with E-state index in [-0.39, 0.29) is 11.3 Å². The fourth-order valence-corrected chi connectivity index (χ4v) is 9.20. The van der Waals surface area contributed by atoms with Crippen LogP contribution in [0, 0.1) is 0 Å². The highest BCUT2D eigenvalue weighted by atomic mass is 32.1. The number of guanidine groups is 1. The molecular formula is C43H64N4OS. The molecule has 0 radical (unpaired) electrons. The van der Waals surface area contributed by atoms with E-state index in [0.29, 0.717) is 18.5 Å². The van der Waals surface area contributed by atoms with Gasteiger partial charge < -0.3 is 16.0 Å². The van der Waals surface area contributed by atoms with Crippen LogP contribution in [0.5, 0.6) is 0 Å². The van der Waals surface area contributed by atoms with Gasteiger partial charge in [0.15, 0.2) is 5.96 Å². The number of hydrogen-bond donors (Lipinski definition) is 3. The molecule has 1 aromatic heterocycles. The lowest BCUT2D eigenvalue weighted by atomic mass is 9.69. The molecule has 5 rings (SSSR count). The summed E-state index contributed by atoms with van der Waals surface area (Å²) >= 11 is 1.76. The molecule has 1 amide bonds. The first-order valence-corrected chi connectivity index (χ1v) is 20.9. The second kappa shape index (κ2) is 19.5. The molecule has 2 aliphatic rings. The first kappa shape index (κ1) is 37.4. The monoisotopic (exact) mass is 684 g/mol. The molecule has 3 N–H and O–H groups in total. The molecule has 0 saturated heterocycles. The lowest BCUT2D eigenvalue weighted by Gasteiger charge is -2.35. The Bertz CT molecular complexity index is 1410. The van der Waals surface area contributed by atoms with E-state index < -0.39 is 6.04 Å². The molecule has 1 heterocycles. The van der Waals surface area contributed by atoms with Crippen LogP contribution in [0.25, 0.3) is 10.1 Å². The molecule has 3 aromatic rings. The van der Waals surface area contributed by atoms with E-state index in [0.717, 1.165) is 24.5 Å². The van der Waals surface area contributed by atoms with Crippen molar-refractivity contribution >= 4 is 39.0 Å². The summed E-state index contributed by atoms with van der Waals surface area (Å²) in [6.45, 7) is 6.92. The molecule has 1 unspecified atom stereocenters. The Morgan fingerprint density at radius 3 is 2.06 bits per heavy atom. The van der Waals surface area contributed by atoms with Crippen molar-refractivity contribution in [3.05, 3.63) is 65.0 Å². The van der Waals surface area contributed by atoms with Gasteiger partial charge in [-0.05, 0) is 90.5 Å². The maximum Gasteiger partial charge on any atom is 0.247 e. The van der Waals surface area contributed by atoms with Gasteiger partial charge in [-0.25, -0.2) is 4.99 Å². The minimum atomic E-state index is -0.450. The van der Waals surface area contributed by atoms with Gasteiger partial charge in [-0.3, -0.25) is 4.79 Å². The number of amides is 1. The van der Waals surface area contributed by atoms with Crippen molar-refractivity contribution in [3.63, 3.8) is 0 Å². The summed E-state index contributed by atoms with van der Waals surface area (Å²) in [6.07, 6.45) is 24.0. The third-order valence-corrected chi connectivity index (χ3v) is 12.2. The molecule has 2 saturated carbocycles. The number of anilines is 1. The van der Waals surface area contributed by atoms with Crippen LogP contribution in [0.15, 0.2) is 58.9 Å². The van der Waals surface area contributed by atoms with Crippen molar-refractivity contribution < 1.29 is 4.79 Å². The van der Waals surface area contributed by atoms with Crippen LogP contribution in [-0.4, -0.2) is 30.0 Å². The Morgan fingerprint density at radius 2 is 1.43 bits per heavy atom. The van der Waals surface area contributed by atoms with Gasteiger partial charge in [0.05, 0.1) is 6.04 Å². The van der Waals surface area contributed by atoms with Crippen LogP contribution in [0.4, 0.5) is 5.69 Å². The zero-order valence-corrected chi connectivity index (χ0v) is 31.7. The van der Waals surface area contributed by atoms with Crippen LogP contribution >= 0.6 is 11.3 Å². The Labute approximate surface area is 301 Å². The van der Waals surface area contributed by atoms with Gasteiger partial charge in [0.1, 0.15) is 6.04 Å². The van der Waals surface area contributed by atoms with Crippen molar-refractivity contribution in [2.75, 3.05) is 5.32 Å². The van der Waals surface area contributed by atoms with Gasteiger partial charge in [-0.2, -0.15) is 0 Å². The van der Waals surface area contributed by atoms with Crippen LogP contribution in [-0.2, 0) is 16.6 Å². The van der Waals surface area contributed by atoms with Gasteiger partial charge in [0.2, 0.25) is 5.91 Å². The van der Waals surface area contributed by atoms with E-state index in [1.807, 2.05) is 0 Å².